The van der Waals surface area contributed by atoms with Gasteiger partial charge in [-0.05, 0) is 61.8 Å². The second-order valence-corrected chi connectivity index (χ2v) is 15.2. The molecule has 7 nitrogen and oxygen atoms in total. The number of fused-ring (bicyclic) bond motifs is 2. The van der Waals surface area contributed by atoms with Gasteiger partial charge in [-0.15, -0.1) is 0 Å². The summed E-state index contributed by atoms with van der Waals surface area (Å²) < 4.78 is 6.58. The van der Waals surface area contributed by atoms with Crippen LogP contribution in [0.2, 0.25) is 23.7 Å². The molecule has 2 saturated heterocycles. The van der Waals surface area contributed by atoms with Crippen molar-refractivity contribution in [1.82, 2.24) is 0 Å². The minimum Gasteiger partial charge on any atom is -0.432 e. The van der Waals surface area contributed by atoms with Crippen LogP contribution in [-0.4, -0.2) is 49.3 Å². The molecule has 0 bridgehead atoms. The number of aliphatic hydroxyl groups excluding tert-OH is 1. The first-order valence-electron chi connectivity index (χ1n) is 12.6. The predicted octanol–water partition coefficient (Wildman–Crippen LogP) is 4.19. The molecule has 0 aromatic heterocycles. The Kier molecular flexibility index (Phi) is 6.54. The summed E-state index contributed by atoms with van der Waals surface area (Å²) in [4.78, 5) is 41.0. The zero-order valence-electron chi connectivity index (χ0n) is 20.9. The maximum Gasteiger partial charge on any atom is 0.264 e. The number of ether oxygens (including phenoxy) is 1. The zero-order valence-corrected chi connectivity index (χ0v) is 22.7. The van der Waals surface area contributed by atoms with Gasteiger partial charge < -0.3 is 24.4 Å². The van der Waals surface area contributed by atoms with Crippen LogP contribution >= 0.6 is 11.6 Å². The third-order valence-corrected chi connectivity index (χ3v) is 10.8. The largest absolute Gasteiger partial charge is 0.432 e. The molecule has 3 heterocycles. The van der Waals surface area contributed by atoms with E-state index in [0.29, 0.717) is 24.4 Å². The molecule has 2 aromatic rings. The van der Waals surface area contributed by atoms with E-state index in [-0.39, 0.29) is 29.9 Å². The minimum absolute atomic E-state index is 0.0827. The molecule has 0 radical (unpaired) electrons. The van der Waals surface area contributed by atoms with Gasteiger partial charge in [0.25, 0.3) is 5.91 Å². The SMILES string of the molecule is C[C@H]1[C@H]([Si](C)(C)O)[C@@H](CCO)O[C@]12C(=O)N(Cc1ccc(N3CCCC3=O)cc1)c1ccc(Cl)cc12. The molecule has 2 amide bonds. The number of rotatable bonds is 6. The van der Waals surface area contributed by atoms with Gasteiger partial charge in [0, 0.05) is 47.3 Å². The second-order valence-electron chi connectivity index (χ2n) is 10.7. The summed E-state index contributed by atoms with van der Waals surface area (Å²) in [7, 11) is -2.74. The molecule has 4 atom stereocenters. The maximum atomic E-state index is 14.2. The molecule has 1 spiro atoms. The van der Waals surface area contributed by atoms with Crippen LogP contribution in [-0.2, 0) is 26.5 Å². The molecule has 2 fully saturated rings. The summed E-state index contributed by atoms with van der Waals surface area (Å²) in [5, 5.41) is 10.2. The number of aliphatic hydroxyl groups is 1. The number of benzene rings is 2. The number of hydrogen-bond donors (Lipinski definition) is 2. The highest BCUT2D eigenvalue weighted by Gasteiger charge is 2.66. The van der Waals surface area contributed by atoms with Crippen molar-refractivity contribution in [3.8, 4) is 0 Å². The van der Waals surface area contributed by atoms with E-state index in [9.17, 15) is 19.5 Å². The van der Waals surface area contributed by atoms with E-state index < -0.39 is 20.0 Å². The Morgan fingerprint density at radius 3 is 2.50 bits per heavy atom. The average Bonchev–Trinajstić information content (AvgIpc) is 3.44. The number of nitrogens with zero attached hydrogens (tertiary/aromatic N) is 2. The predicted molar refractivity (Wildman–Crippen MR) is 142 cm³/mol. The molecule has 3 aliphatic rings. The van der Waals surface area contributed by atoms with Crippen LogP contribution < -0.4 is 9.80 Å². The highest BCUT2D eigenvalue weighted by Crippen LogP contribution is 2.60. The van der Waals surface area contributed by atoms with Crippen molar-refractivity contribution in [2.45, 2.75) is 63.1 Å². The van der Waals surface area contributed by atoms with Crippen molar-refractivity contribution < 1.29 is 24.2 Å². The van der Waals surface area contributed by atoms with Gasteiger partial charge in [0.15, 0.2) is 13.9 Å². The second kappa shape index (κ2) is 9.26. The van der Waals surface area contributed by atoms with E-state index in [1.54, 1.807) is 21.9 Å². The minimum atomic E-state index is -2.74. The summed E-state index contributed by atoms with van der Waals surface area (Å²) in [5.41, 5.74) is 1.78. The van der Waals surface area contributed by atoms with Crippen LogP contribution in [0.5, 0.6) is 0 Å². The Morgan fingerprint density at radius 2 is 1.89 bits per heavy atom. The van der Waals surface area contributed by atoms with E-state index >= 15 is 0 Å². The van der Waals surface area contributed by atoms with Gasteiger partial charge in [-0.25, -0.2) is 0 Å². The molecule has 36 heavy (non-hydrogen) atoms. The van der Waals surface area contributed by atoms with Crippen LogP contribution in [0.15, 0.2) is 42.5 Å². The molecule has 0 aliphatic carbocycles. The van der Waals surface area contributed by atoms with Crippen LogP contribution in [0.1, 0.15) is 37.3 Å². The summed E-state index contributed by atoms with van der Waals surface area (Å²) in [5.74, 6) is -0.325. The molecular formula is C27H33ClN2O5Si. The molecule has 192 valence electrons. The summed E-state index contributed by atoms with van der Waals surface area (Å²) in [6.07, 6.45) is 1.38. The number of carbonyl (C=O) groups excluding carboxylic acids is 2. The summed E-state index contributed by atoms with van der Waals surface area (Å²) in [6.45, 7) is 6.69. The first-order chi connectivity index (χ1) is 17.1. The Morgan fingerprint density at radius 1 is 1.17 bits per heavy atom. The van der Waals surface area contributed by atoms with Crippen molar-refractivity contribution in [1.29, 1.82) is 0 Å². The highest BCUT2D eigenvalue weighted by atomic mass is 35.5. The molecule has 3 aliphatic heterocycles. The van der Waals surface area contributed by atoms with Crippen molar-refractivity contribution in [2.24, 2.45) is 5.92 Å². The monoisotopic (exact) mass is 528 g/mol. The average molecular weight is 529 g/mol. The van der Waals surface area contributed by atoms with E-state index in [2.05, 4.69) is 0 Å². The fourth-order valence-electron chi connectivity index (χ4n) is 6.49. The lowest BCUT2D eigenvalue weighted by Gasteiger charge is -2.32. The van der Waals surface area contributed by atoms with Gasteiger partial charge >= 0.3 is 0 Å². The van der Waals surface area contributed by atoms with Crippen molar-refractivity contribution in [3.63, 3.8) is 0 Å². The zero-order chi connectivity index (χ0) is 25.8. The molecule has 9 heteroatoms. The Bertz CT molecular complexity index is 1180. The summed E-state index contributed by atoms with van der Waals surface area (Å²) in [6, 6.07) is 13.2. The van der Waals surface area contributed by atoms with Gasteiger partial charge in [0.2, 0.25) is 5.91 Å². The third-order valence-electron chi connectivity index (χ3n) is 8.02. The maximum absolute atomic E-state index is 14.2. The quantitative estimate of drug-likeness (QED) is 0.549. The highest BCUT2D eigenvalue weighted by molar-refractivity contribution is 6.71. The first kappa shape index (κ1) is 25.4. The standard InChI is InChI=1S/C27H33ClN2O5Si/c1-17-25(36(2,3)34)23(12-14-31)35-27(17)21-15-19(28)8-11-22(21)30(26(27)33)16-18-6-9-20(10-7-18)29-13-4-5-24(29)32/h6-11,15,17,23,25,31,34H,4-5,12-14,16H2,1-3H3/t17-,23+,25-,27+/m0/s1. The van der Waals surface area contributed by atoms with E-state index in [4.69, 9.17) is 16.3 Å². The van der Waals surface area contributed by atoms with Crippen LogP contribution in [0.3, 0.4) is 0 Å². The van der Waals surface area contributed by atoms with Crippen molar-refractivity contribution in [2.75, 3.05) is 23.0 Å². The van der Waals surface area contributed by atoms with Crippen LogP contribution in [0.4, 0.5) is 11.4 Å². The number of halogens is 1. The van der Waals surface area contributed by atoms with E-state index in [1.165, 1.54) is 0 Å². The molecular weight excluding hydrogens is 496 g/mol. The van der Waals surface area contributed by atoms with Gasteiger partial charge in [-0.2, -0.15) is 0 Å². The van der Waals surface area contributed by atoms with Crippen LogP contribution in [0, 0.1) is 5.92 Å². The van der Waals surface area contributed by atoms with Gasteiger partial charge in [-0.3, -0.25) is 9.59 Å². The van der Waals surface area contributed by atoms with Gasteiger partial charge in [-0.1, -0.05) is 30.7 Å². The molecule has 2 N–H and O–H groups in total. The Labute approximate surface area is 217 Å². The van der Waals surface area contributed by atoms with Crippen molar-refractivity contribution >= 4 is 43.1 Å². The number of amides is 2. The van der Waals surface area contributed by atoms with Crippen LogP contribution in [0.25, 0.3) is 0 Å². The Balaban J connectivity index is 1.50. The summed E-state index contributed by atoms with van der Waals surface area (Å²) >= 11 is 6.41. The lowest BCUT2D eigenvalue weighted by atomic mass is 9.82. The third kappa shape index (κ3) is 3.99. The lowest BCUT2D eigenvalue weighted by molar-refractivity contribution is -0.146. The molecule has 0 unspecified atom stereocenters. The molecule has 2 aromatic carbocycles. The fraction of sp³-hybridized carbons (Fsp3) is 0.481. The Hall–Kier alpha value is -2.23. The topological polar surface area (TPSA) is 90.3 Å². The smallest absolute Gasteiger partial charge is 0.264 e. The van der Waals surface area contributed by atoms with E-state index in [1.807, 2.05) is 50.3 Å². The molecule has 0 saturated carbocycles. The number of anilines is 2. The number of hydrogen-bond acceptors (Lipinski definition) is 5. The fourth-order valence-corrected chi connectivity index (χ4v) is 9.26. The van der Waals surface area contributed by atoms with Gasteiger partial charge in [0.05, 0.1) is 18.3 Å². The number of carbonyl (C=O) groups is 2. The van der Waals surface area contributed by atoms with E-state index in [0.717, 1.165) is 35.5 Å². The van der Waals surface area contributed by atoms with Gasteiger partial charge in [0.1, 0.15) is 0 Å². The normalized spacial score (nSPS) is 28.0. The van der Waals surface area contributed by atoms with Crippen molar-refractivity contribution in [3.05, 3.63) is 58.6 Å². The first-order valence-corrected chi connectivity index (χ1v) is 16.0. The lowest BCUT2D eigenvalue weighted by Crippen LogP contribution is -2.46. The molecule has 5 rings (SSSR count).